The molecule has 0 saturated heterocycles. The first-order valence-electron chi connectivity index (χ1n) is 10.4. The molecule has 0 N–H and O–H groups in total. The zero-order valence-electron chi connectivity index (χ0n) is 17.6. The fraction of sp³-hybridized carbons (Fsp3) is 0.375. The third-order valence-electron chi connectivity index (χ3n) is 5.51. The Bertz CT molecular complexity index is 1090. The van der Waals surface area contributed by atoms with E-state index in [9.17, 15) is 10.1 Å². The molecule has 0 fully saturated rings. The van der Waals surface area contributed by atoms with E-state index in [0.717, 1.165) is 28.2 Å². The molecule has 0 radical (unpaired) electrons. The first kappa shape index (κ1) is 20.5. The second kappa shape index (κ2) is 8.56. The molecular formula is C24H26N2O3S. The molecule has 6 heteroatoms. The number of rotatable bonds is 6. The molecule has 0 spiro atoms. The molecule has 4 rings (SSSR count). The number of thiazole rings is 1. The van der Waals surface area contributed by atoms with Crippen molar-refractivity contribution in [1.82, 2.24) is 4.98 Å². The Balaban J connectivity index is 1.60. The van der Waals surface area contributed by atoms with E-state index in [1.807, 2.05) is 20.8 Å². The van der Waals surface area contributed by atoms with Crippen LogP contribution >= 0.6 is 11.3 Å². The van der Waals surface area contributed by atoms with Gasteiger partial charge in [0.05, 0.1) is 21.7 Å². The zero-order chi connectivity index (χ0) is 21.3. The number of nitro groups is 1. The summed E-state index contributed by atoms with van der Waals surface area (Å²) < 4.78 is 5.71. The summed E-state index contributed by atoms with van der Waals surface area (Å²) in [5, 5.41) is 14.5. The molecule has 0 amide bonds. The number of nitrogens with zero attached hydrogens (tertiary/aromatic N) is 2. The first-order chi connectivity index (χ1) is 14.4. The van der Waals surface area contributed by atoms with Crippen LogP contribution in [-0.2, 0) is 19.3 Å². The van der Waals surface area contributed by atoms with Gasteiger partial charge in [0, 0.05) is 23.4 Å². The molecule has 0 unspecified atom stereocenters. The van der Waals surface area contributed by atoms with Gasteiger partial charge in [-0.15, -0.1) is 11.3 Å². The minimum absolute atomic E-state index is 0.0128. The summed E-state index contributed by atoms with van der Waals surface area (Å²) in [6.45, 7) is 5.64. The van der Waals surface area contributed by atoms with E-state index in [1.165, 1.54) is 36.0 Å². The number of fused-ring (bicyclic) bond motifs is 1. The lowest BCUT2D eigenvalue weighted by atomic mass is 9.90. The van der Waals surface area contributed by atoms with Crippen molar-refractivity contribution < 1.29 is 9.66 Å². The van der Waals surface area contributed by atoms with Crippen molar-refractivity contribution in [2.45, 2.75) is 59.0 Å². The van der Waals surface area contributed by atoms with Crippen molar-refractivity contribution in [2.24, 2.45) is 0 Å². The SMILES string of the molecule is Cc1cc([N+](=O)[O-])c(OC(C)C)cc1Cc1nc(-c2ccc3c(c2)CCCC3)cs1. The summed E-state index contributed by atoms with van der Waals surface area (Å²) in [6, 6.07) is 10.1. The lowest BCUT2D eigenvalue weighted by Crippen LogP contribution is -2.08. The molecule has 1 aliphatic rings. The number of ether oxygens (including phenoxy) is 1. The van der Waals surface area contributed by atoms with Gasteiger partial charge in [-0.1, -0.05) is 12.1 Å². The van der Waals surface area contributed by atoms with Crippen LogP contribution in [0.5, 0.6) is 5.75 Å². The minimum atomic E-state index is -0.383. The normalized spacial score (nSPS) is 13.3. The first-order valence-corrected chi connectivity index (χ1v) is 11.3. The molecular weight excluding hydrogens is 396 g/mol. The molecule has 0 saturated carbocycles. The van der Waals surface area contributed by atoms with Gasteiger partial charge in [-0.05, 0) is 80.8 Å². The number of aryl methyl sites for hydroxylation is 3. The summed E-state index contributed by atoms with van der Waals surface area (Å²) in [5.41, 5.74) is 6.99. The highest BCUT2D eigenvalue weighted by Gasteiger charge is 2.20. The van der Waals surface area contributed by atoms with Gasteiger partial charge in [0.2, 0.25) is 0 Å². The van der Waals surface area contributed by atoms with Crippen LogP contribution in [0.1, 0.15) is 54.0 Å². The topological polar surface area (TPSA) is 65.3 Å². The third-order valence-corrected chi connectivity index (χ3v) is 6.36. The van der Waals surface area contributed by atoms with Gasteiger partial charge >= 0.3 is 5.69 Å². The quantitative estimate of drug-likeness (QED) is 0.346. The van der Waals surface area contributed by atoms with Crippen LogP contribution in [0.25, 0.3) is 11.3 Å². The van der Waals surface area contributed by atoms with Gasteiger partial charge in [0.1, 0.15) is 0 Å². The molecule has 156 valence electrons. The number of hydrogen-bond acceptors (Lipinski definition) is 5. The van der Waals surface area contributed by atoms with Crippen molar-refractivity contribution in [3.63, 3.8) is 0 Å². The van der Waals surface area contributed by atoms with Crippen molar-refractivity contribution in [1.29, 1.82) is 0 Å². The Morgan fingerprint density at radius 2 is 1.93 bits per heavy atom. The van der Waals surface area contributed by atoms with E-state index >= 15 is 0 Å². The molecule has 3 aromatic rings. The van der Waals surface area contributed by atoms with Gasteiger partial charge < -0.3 is 4.74 Å². The molecule has 0 aliphatic heterocycles. The second-order valence-corrected chi connectivity index (χ2v) is 9.11. The van der Waals surface area contributed by atoms with Crippen LogP contribution in [0.15, 0.2) is 35.7 Å². The highest BCUT2D eigenvalue weighted by Crippen LogP contribution is 2.34. The summed E-state index contributed by atoms with van der Waals surface area (Å²) in [6.07, 6.45) is 5.38. The number of aromatic nitrogens is 1. The maximum absolute atomic E-state index is 11.4. The van der Waals surface area contributed by atoms with Gasteiger partial charge in [-0.25, -0.2) is 4.98 Å². The maximum atomic E-state index is 11.4. The number of benzene rings is 2. The van der Waals surface area contributed by atoms with Crippen LogP contribution in [-0.4, -0.2) is 16.0 Å². The van der Waals surface area contributed by atoms with E-state index in [0.29, 0.717) is 12.2 Å². The lowest BCUT2D eigenvalue weighted by Gasteiger charge is -2.16. The van der Waals surface area contributed by atoms with E-state index in [1.54, 1.807) is 23.5 Å². The Morgan fingerprint density at radius 1 is 1.17 bits per heavy atom. The van der Waals surface area contributed by atoms with Crippen molar-refractivity contribution in [3.8, 4) is 17.0 Å². The third kappa shape index (κ3) is 4.38. The van der Waals surface area contributed by atoms with E-state index in [2.05, 4.69) is 23.6 Å². The monoisotopic (exact) mass is 422 g/mol. The van der Waals surface area contributed by atoms with E-state index < -0.39 is 0 Å². The predicted octanol–water partition coefficient (Wildman–Crippen LogP) is 6.28. The van der Waals surface area contributed by atoms with Gasteiger partial charge in [-0.2, -0.15) is 0 Å². The Labute approximate surface area is 180 Å². The molecule has 0 bridgehead atoms. The Hall–Kier alpha value is -2.73. The molecule has 1 aromatic heterocycles. The van der Waals surface area contributed by atoms with Crippen LogP contribution in [0.3, 0.4) is 0 Å². The largest absolute Gasteiger partial charge is 0.484 e. The average Bonchev–Trinajstić information content (AvgIpc) is 3.18. The van der Waals surface area contributed by atoms with E-state index in [-0.39, 0.29) is 16.7 Å². The smallest absolute Gasteiger partial charge is 0.311 e. The summed E-state index contributed by atoms with van der Waals surface area (Å²) >= 11 is 1.63. The van der Waals surface area contributed by atoms with Crippen LogP contribution in [0, 0.1) is 17.0 Å². The molecule has 2 aromatic carbocycles. The van der Waals surface area contributed by atoms with Crippen molar-refractivity contribution in [2.75, 3.05) is 0 Å². The lowest BCUT2D eigenvalue weighted by molar-refractivity contribution is -0.386. The summed E-state index contributed by atoms with van der Waals surface area (Å²) in [5.74, 6) is 0.321. The number of hydrogen-bond donors (Lipinski definition) is 0. The molecule has 1 heterocycles. The summed E-state index contributed by atoms with van der Waals surface area (Å²) in [7, 11) is 0. The van der Waals surface area contributed by atoms with Crippen LogP contribution in [0.4, 0.5) is 5.69 Å². The van der Waals surface area contributed by atoms with Crippen molar-refractivity contribution >= 4 is 17.0 Å². The van der Waals surface area contributed by atoms with E-state index in [4.69, 9.17) is 9.72 Å². The minimum Gasteiger partial charge on any atom is -0.484 e. The molecule has 30 heavy (non-hydrogen) atoms. The number of nitro benzene ring substituents is 1. The van der Waals surface area contributed by atoms with Crippen LogP contribution < -0.4 is 4.74 Å². The predicted molar refractivity (Wildman–Crippen MR) is 121 cm³/mol. The fourth-order valence-corrected chi connectivity index (χ4v) is 4.80. The second-order valence-electron chi connectivity index (χ2n) is 8.16. The van der Waals surface area contributed by atoms with Crippen LogP contribution in [0.2, 0.25) is 0 Å². The van der Waals surface area contributed by atoms with Gasteiger partial charge in [0.25, 0.3) is 0 Å². The maximum Gasteiger partial charge on any atom is 0.311 e. The standard InChI is InChI=1S/C24H26N2O3S/c1-15(2)29-23-12-20(16(3)10-22(23)26(27)28)13-24-25-21(14-30-24)19-9-8-17-6-4-5-7-18(17)11-19/h8-12,14-15H,4-7,13H2,1-3H3. The van der Waals surface area contributed by atoms with Gasteiger partial charge in [0.15, 0.2) is 5.75 Å². The Morgan fingerprint density at radius 3 is 2.67 bits per heavy atom. The zero-order valence-corrected chi connectivity index (χ0v) is 18.4. The Kier molecular flexibility index (Phi) is 5.86. The molecule has 1 aliphatic carbocycles. The van der Waals surface area contributed by atoms with Crippen molar-refractivity contribution in [3.05, 3.63) is 73.1 Å². The highest BCUT2D eigenvalue weighted by atomic mass is 32.1. The fourth-order valence-electron chi connectivity index (χ4n) is 3.98. The van der Waals surface area contributed by atoms with Gasteiger partial charge in [-0.3, -0.25) is 10.1 Å². The molecule has 0 atom stereocenters. The molecule has 5 nitrogen and oxygen atoms in total. The average molecular weight is 423 g/mol. The summed E-state index contributed by atoms with van der Waals surface area (Å²) in [4.78, 5) is 15.9. The highest BCUT2D eigenvalue weighted by molar-refractivity contribution is 7.10.